The molecule has 2 atom stereocenters. The first-order valence-electron chi connectivity index (χ1n) is 8.19. The number of rotatable bonds is 7. The van der Waals surface area contributed by atoms with Crippen LogP contribution in [0.3, 0.4) is 0 Å². The second-order valence-electron chi connectivity index (χ2n) is 6.37. The van der Waals surface area contributed by atoms with Crippen molar-refractivity contribution in [2.75, 3.05) is 0 Å². The lowest BCUT2D eigenvalue weighted by Crippen LogP contribution is -2.44. The molecule has 0 bridgehead atoms. The third kappa shape index (κ3) is 4.78. The second-order valence-corrected chi connectivity index (χ2v) is 8.02. The van der Waals surface area contributed by atoms with E-state index < -0.39 is 22.2 Å². The molecule has 0 radical (unpaired) electrons. The number of benzene rings is 2. The van der Waals surface area contributed by atoms with Crippen molar-refractivity contribution in [3.05, 3.63) is 77.4 Å². The monoisotopic (exact) mass is 359 g/mol. The molecule has 2 N–H and O–H groups in total. The molecule has 0 unspecified atom stereocenters. The van der Waals surface area contributed by atoms with Gasteiger partial charge in [0, 0.05) is 0 Å². The molecule has 0 aliphatic heterocycles. The summed E-state index contributed by atoms with van der Waals surface area (Å²) in [5.74, 6) is 0. The Kier molecular flexibility index (Phi) is 6.16. The van der Waals surface area contributed by atoms with Crippen LogP contribution in [-0.4, -0.2) is 25.7 Å². The second kappa shape index (κ2) is 7.95. The Bertz CT molecular complexity index is 821. The summed E-state index contributed by atoms with van der Waals surface area (Å²) in [6.07, 6.45) is 0.739. The molecular formula is C20H25NO3S. The Hall–Kier alpha value is -1.95. The van der Waals surface area contributed by atoms with Crippen molar-refractivity contribution < 1.29 is 13.5 Å². The molecule has 0 aromatic heterocycles. The molecule has 0 saturated carbocycles. The van der Waals surface area contributed by atoms with Crippen molar-refractivity contribution in [2.24, 2.45) is 0 Å². The van der Waals surface area contributed by atoms with Crippen LogP contribution in [0, 0.1) is 20.8 Å². The van der Waals surface area contributed by atoms with Crippen molar-refractivity contribution in [1.82, 2.24) is 4.72 Å². The molecule has 4 nitrogen and oxygen atoms in total. The molecule has 0 spiro atoms. The van der Waals surface area contributed by atoms with Gasteiger partial charge >= 0.3 is 0 Å². The van der Waals surface area contributed by atoms with Gasteiger partial charge in [0.05, 0.1) is 17.0 Å². The molecule has 25 heavy (non-hydrogen) atoms. The lowest BCUT2D eigenvalue weighted by atomic mass is 10.0. The zero-order chi connectivity index (χ0) is 18.6. The van der Waals surface area contributed by atoms with Gasteiger partial charge < -0.3 is 5.11 Å². The fourth-order valence-corrected chi connectivity index (χ4v) is 4.82. The maximum atomic E-state index is 12.9. The molecule has 2 aromatic rings. The van der Waals surface area contributed by atoms with Crippen molar-refractivity contribution in [3.8, 4) is 0 Å². The summed E-state index contributed by atoms with van der Waals surface area (Å²) in [6, 6.07) is 12.5. The van der Waals surface area contributed by atoms with E-state index in [0.717, 1.165) is 11.1 Å². The molecule has 0 heterocycles. The van der Waals surface area contributed by atoms with Crippen LogP contribution in [0.5, 0.6) is 0 Å². The number of nitrogens with one attached hydrogen (secondary N) is 1. The number of aliphatic hydroxyl groups excluding tert-OH is 1. The van der Waals surface area contributed by atoms with Gasteiger partial charge in [0.2, 0.25) is 10.0 Å². The zero-order valence-corrected chi connectivity index (χ0v) is 15.7. The fraction of sp³-hybridized carbons (Fsp3) is 0.300. The summed E-state index contributed by atoms with van der Waals surface area (Å²) >= 11 is 0. The summed E-state index contributed by atoms with van der Waals surface area (Å²) in [7, 11) is -3.77. The zero-order valence-electron chi connectivity index (χ0n) is 14.9. The van der Waals surface area contributed by atoms with Gasteiger partial charge in [-0.1, -0.05) is 54.1 Å². The molecule has 0 saturated heterocycles. The summed E-state index contributed by atoms with van der Waals surface area (Å²) in [6.45, 7) is 9.09. The summed E-state index contributed by atoms with van der Waals surface area (Å²) in [5.41, 5.74) is 3.34. The molecule has 0 aliphatic rings. The average molecular weight is 359 g/mol. The van der Waals surface area contributed by atoms with Crippen LogP contribution in [0.15, 0.2) is 60.0 Å². The van der Waals surface area contributed by atoms with E-state index in [1.165, 1.54) is 6.08 Å². The Morgan fingerprint density at radius 1 is 1.12 bits per heavy atom. The van der Waals surface area contributed by atoms with Crippen LogP contribution in [0.25, 0.3) is 0 Å². The third-order valence-electron chi connectivity index (χ3n) is 4.13. The van der Waals surface area contributed by atoms with Crippen LogP contribution in [0.1, 0.15) is 22.3 Å². The van der Waals surface area contributed by atoms with E-state index >= 15 is 0 Å². The first-order valence-corrected chi connectivity index (χ1v) is 9.67. The normalized spacial score (nSPS) is 14.1. The fourth-order valence-electron chi connectivity index (χ4n) is 3.11. The van der Waals surface area contributed by atoms with Gasteiger partial charge in [-0.2, -0.15) is 0 Å². The largest absolute Gasteiger partial charge is 0.387 e. The van der Waals surface area contributed by atoms with E-state index in [4.69, 9.17) is 0 Å². The molecular weight excluding hydrogens is 334 g/mol. The van der Waals surface area contributed by atoms with Crippen molar-refractivity contribution in [1.29, 1.82) is 0 Å². The number of aryl methyl sites for hydroxylation is 3. The van der Waals surface area contributed by atoms with E-state index in [-0.39, 0.29) is 4.90 Å². The van der Waals surface area contributed by atoms with Crippen molar-refractivity contribution in [3.63, 3.8) is 0 Å². The highest BCUT2D eigenvalue weighted by Gasteiger charge is 2.27. The van der Waals surface area contributed by atoms with Crippen LogP contribution in [0.4, 0.5) is 0 Å². The topological polar surface area (TPSA) is 66.4 Å². The van der Waals surface area contributed by atoms with Gasteiger partial charge in [-0.3, -0.25) is 0 Å². The van der Waals surface area contributed by atoms with E-state index in [1.807, 2.05) is 49.4 Å². The Labute approximate surface area is 150 Å². The summed E-state index contributed by atoms with van der Waals surface area (Å²) in [5, 5.41) is 10.2. The number of aliphatic hydroxyl groups is 1. The van der Waals surface area contributed by atoms with E-state index in [1.54, 1.807) is 13.8 Å². The van der Waals surface area contributed by atoms with E-state index in [0.29, 0.717) is 17.5 Å². The molecule has 2 rings (SSSR count). The minimum absolute atomic E-state index is 0.271. The minimum Gasteiger partial charge on any atom is -0.387 e. The predicted molar refractivity (Wildman–Crippen MR) is 101 cm³/mol. The first-order chi connectivity index (χ1) is 11.7. The highest BCUT2D eigenvalue weighted by Crippen LogP contribution is 2.22. The van der Waals surface area contributed by atoms with Gasteiger partial charge in [-0.15, -0.1) is 6.58 Å². The number of hydrogen-bond donors (Lipinski definition) is 2. The van der Waals surface area contributed by atoms with Crippen molar-refractivity contribution >= 4 is 10.0 Å². The first kappa shape index (κ1) is 19.4. The molecule has 0 aliphatic carbocycles. The van der Waals surface area contributed by atoms with Crippen molar-refractivity contribution in [2.45, 2.75) is 44.2 Å². The van der Waals surface area contributed by atoms with Crippen LogP contribution >= 0.6 is 0 Å². The molecule has 2 aromatic carbocycles. The lowest BCUT2D eigenvalue weighted by Gasteiger charge is -2.23. The Morgan fingerprint density at radius 2 is 1.68 bits per heavy atom. The molecule has 0 amide bonds. The number of sulfonamides is 1. The Balaban J connectivity index is 2.36. The van der Waals surface area contributed by atoms with Gasteiger partial charge in [-0.05, 0) is 43.9 Å². The maximum Gasteiger partial charge on any atom is 0.241 e. The molecule has 0 fully saturated rings. The van der Waals surface area contributed by atoms with Gasteiger partial charge in [0.25, 0.3) is 0 Å². The maximum absolute atomic E-state index is 12.9. The Morgan fingerprint density at radius 3 is 2.20 bits per heavy atom. The van der Waals surface area contributed by atoms with Gasteiger partial charge in [0.1, 0.15) is 0 Å². The van der Waals surface area contributed by atoms with Gasteiger partial charge in [-0.25, -0.2) is 13.1 Å². The highest BCUT2D eigenvalue weighted by atomic mass is 32.2. The van der Waals surface area contributed by atoms with Crippen LogP contribution in [-0.2, 0) is 16.4 Å². The SMILES string of the molecule is C=C[C@@H](O)[C@H](Cc1ccccc1)NS(=O)(=O)c1c(C)cc(C)cc1C. The highest BCUT2D eigenvalue weighted by molar-refractivity contribution is 7.89. The van der Waals surface area contributed by atoms with Crippen LogP contribution < -0.4 is 4.72 Å². The third-order valence-corrected chi connectivity index (χ3v) is 5.93. The van der Waals surface area contributed by atoms with Crippen LogP contribution in [0.2, 0.25) is 0 Å². The van der Waals surface area contributed by atoms with Gasteiger partial charge in [0.15, 0.2) is 0 Å². The van der Waals surface area contributed by atoms with E-state index in [2.05, 4.69) is 11.3 Å². The molecule has 134 valence electrons. The molecule has 5 heteroatoms. The minimum atomic E-state index is -3.77. The summed E-state index contributed by atoms with van der Waals surface area (Å²) in [4.78, 5) is 0.271. The van der Waals surface area contributed by atoms with E-state index in [9.17, 15) is 13.5 Å². The quantitative estimate of drug-likeness (QED) is 0.747. The lowest BCUT2D eigenvalue weighted by molar-refractivity contribution is 0.183. The average Bonchev–Trinajstić information content (AvgIpc) is 2.52. The standard InChI is InChI=1S/C20H25NO3S/c1-5-19(22)18(13-17-9-7-6-8-10-17)21-25(23,24)20-15(3)11-14(2)12-16(20)4/h5-12,18-19,21-22H,1,13H2,2-4H3/t18-,19+/m0/s1. The predicted octanol–water partition coefficient (Wildman–Crippen LogP) is 3.05. The smallest absolute Gasteiger partial charge is 0.241 e. The number of hydrogen-bond acceptors (Lipinski definition) is 3. The summed E-state index contributed by atoms with van der Waals surface area (Å²) < 4.78 is 28.6.